The number of amidine groups is 1. The molecule has 0 unspecified atom stereocenters. The molecule has 0 fully saturated rings. The Morgan fingerprint density at radius 1 is 0.590 bits per heavy atom. The Bertz CT molecular complexity index is 1670. The molecule has 0 aliphatic carbocycles. The van der Waals surface area contributed by atoms with Crippen LogP contribution in [0.5, 0.6) is 0 Å². The molecule has 0 saturated heterocycles. The summed E-state index contributed by atoms with van der Waals surface area (Å²) in [6.45, 7) is 7.96. The number of anilines is 1. The maximum atomic E-state index is 13.2. The second kappa shape index (κ2) is 8.96. The van der Waals surface area contributed by atoms with Crippen molar-refractivity contribution in [2.75, 3.05) is 19.0 Å². The minimum absolute atomic E-state index is 0.463. The normalized spacial score (nSPS) is 16.1. The summed E-state index contributed by atoms with van der Waals surface area (Å²) in [5.74, 6) is 0.503. The number of fused-ring (bicyclic) bond motifs is 2. The molecule has 4 heteroatoms. The van der Waals surface area contributed by atoms with Gasteiger partial charge in [-0.05, 0) is 83.6 Å². The van der Waals surface area contributed by atoms with Crippen LogP contribution >= 0.6 is 0 Å². The van der Waals surface area contributed by atoms with Crippen LogP contribution < -0.4 is 4.90 Å². The van der Waals surface area contributed by atoms with Gasteiger partial charge in [0.25, 0.3) is 0 Å². The van der Waals surface area contributed by atoms with E-state index in [1.165, 1.54) is 43.9 Å². The number of rotatable bonds is 4. The molecule has 1 aliphatic rings. The van der Waals surface area contributed by atoms with E-state index in [9.17, 15) is 5.21 Å². The number of hydroxylamine groups is 2. The first kappa shape index (κ1) is 25.1. The van der Waals surface area contributed by atoms with Crippen LogP contribution in [0.2, 0.25) is 0 Å². The topological polar surface area (TPSA) is 38.7 Å². The van der Waals surface area contributed by atoms with Crippen molar-refractivity contribution in [3.8, 4) is 22.3 Å². The summed E-state index contributed by atoms with van der Waals surface area (Å²) in [6, 6.07) is 34.5. The SMILES string of the molecule is CN(C)c1ccc(-c2c3ccccc3c(-c3ccc(C4=NC(C)(C)C(C)(C)N4[O])cc3)c3ccccc23)cc1. The van der Waals surface area contributed by atoms with E-state index in [4.69, 9.17) is 4.99 Å². The minimum Gasteiger partial charge on any atom is -0.378 e. The molecule has 6 rings (SSSR count). The fraction of sp³-hybridized carbons (Fsp3) is 0.229. The van der Waals surface area contributed by atoms with E-state index in [1.807, 2.05) is 39.8 Å². The summed E-state index contributed by atoms with van der Waals surface area (Å²) >= 11 is 0. The highest BCUT2D eigenvalue weighted by atomic mass is 16.5. The summed E-state index contributed by atoms with van der Waals surface area (Å²) in [5, 5.41) is 19.1. The van der Waals surface area contributed by atoms with E-state index in [0.29, 0.717) is 5.84 Å². The standard InChI is InChI=1S/C35H34N3O/c1-34(2)35(3,4)38(39)33(36-34)25-17-15-23(16-18-25)31-27-11-7-9-13-29(27)32(30-14-10-8-12-28(30)31)24-19-21-26(22-20-24)37(5)6/h7-22H,1-6H3. The summed E-state index contributed by atoms with van der Waals surface area (Å²) in [4.78, 5) is 6.94. The Morgan fingerprint density at radius 2 is 0.974 bits per heavy atom. The van der Waals surface area contributed by atoms with Gasteiger partial charge in [0.15, 0.2) is 5.84 Å². The summed E-state index contributed by atoms with van der Waals surface area (Å²) in [7, 11) is 4.13. The predicted molar refractivity (Wildman–Crippen MR) is 164 cm³/mol. The number of hydrogen-bond donors (Lipinski definition) is 0. The van der Waals surface area contributed by atoms with Gasteiger partial charge in [0.2, 0.25) is 0 Å². The van der Waals surface area contributed by atoms with Gasteiger partial charge in [-0.1, -0.05) is 90.1 Å². The van der Waals surface area contributed by atoms with Crippen molar-refractivity contribution >= 4 is 33.1 Å². The van der Waals surface area contributed by atoms with Gasteiger partial charge in [-0.3, -0.25) is 4.99 Å². The third-order valence-electron chi connectivity index (χ3n) is 8.62. The lowest BCUT2D eigenvalue weighted by molar-refractivity contribution is -0.158. The average molecular weight is 513 g/mol. The van der Waals surface area contributed by atoms with Gasteiger partial charge in [-0.2, -0.15) is 5.06 Å². The maximum absolute atomic E-state index is 13.2. The van der Waals surface area contributed by atoms with Gasteiger partial charge >= 0.3 is 0 Å². The van der Waals surface area contributed by atoms with Crippen molar-refractivity contribution in [1.29, 1.82) is 0 Å². The quantitative estimate of drug-likeness (QED) is 0.227. The first-order valence-electron chi connectivity index (χ1n) is 13.5. The highest BCUT2D eigenvalue weighted by Crippen LogP contribution is 2.44. The van der Waals surface area contributed by atoms with E-state index in [1.54, 1.807) is 0 Å². The Balaban J connectivity index is 1.54. The Morgan fingerprint density at radius 3 is 1.33 bits per heavy atom. The summed E-state index contributed by atoms with van der Waals surface area (Å²) < 4.78 is 0. The zero-order valence-electron chi connectivity index (χ0n) is 23.5. The molecule has 0 amide bonds. The Hall–Kier alpha value is -4.15. The van der Waals surface area contributed by atoms with E-state index < -0.39 is 11.1 Å². The molecule has 0 spiro atoms. The first-order valence-corrected chi connectivity index (χ1v) is 13.5. The molecule has 1 radical (unpaired) electrons. The molecule has 0 N–H and O–H groups in total. The fourth-order valence-electron chi connectivity index (χ4n) is 5.60. The van der Waals surface area contributed by atoms with Gasteiger partial charge in [0, 0.05) is 25.3 Å². The van der Waals surface area contributed by atoms with E-state index in [2.05, 4.69) is 104 Å². The van der Waals surface area contributed by atoms with Crippen molar-refractivity contribution in [3.05, 3.63) is 103 Å². The van der Waals surface area contributed by atoms with Crippen LogP contribution in [0.1, 0.15) is 33.3 Å². The molecule has 5 aromatic rings. The molecule has 1 heterocycles. The van der Waals surface area contributed by atoms with Gasteiger partial charge in [-0.25, -0.2) is 0 Å². The molecule has 5 aromatic carbocycles. The van der Waals surface area contributed by atoms with Crippen molar-refractivity contribution in [2.45, 2.75) is 38.8 Å². The van der Waals surface area contributed by atoms with Gasteiger partial charge in [0.1, 0.15) is 0 Å². The van der Waals surface area contributed by atoms with Crippen LogP contribution in [0, 0.1) is 0 Å². The number of aliphatic imine (C=N–C) groups is 1. The second-order valence-electron chi connectivity index (χ2n) is 11.7. The monoisotopic (exact) mass is 512 g/mol. The van der Waals surface area contributed by atoms with E-state index in [0.717, 1.165) is 16.2 Å². The number of hydrogen-bond acceptors (Lipinski definition) is 3. The molecule has 1 aliphatic heterocycles. The Kier molecular flexibility index (Phi) is 5.78. The summed E-state index contributed by atoms with van der Waals surface area (Å²) in [6.07, 6.45) is 0. The third kappa shape index (κ3) is 3.90. The van der Waals surface area contributed by atoms with E-state index >= 15 is 0 Å². The van der Waals surface area contributed by atoms with Gasteiger partial charge < -0.3 is 4.90 Å². The lowest BCUT2D eigenvalue weighted by Crippen LogP contribution is -2.50. The maximum Gasteiger partial charge on any atom is 0.159 e. The zero-order chi connectivity index (χ0) is 27.5. The molecule has 195 valence electrons. The van der Waals surface area contributed by atoms with Crippen molar-refractivity contribution in [3.63, 3.8) is 0 Å². The van der Waals surface area contributed by atoms with Crippen molar-refractivity contribution in [1.82, 2.24) is 5.06 Å². The van der Waals surface area contributed by atoms with Crippen molar-refractivity contribution < 1.29 is 5.21 Å². The van der Waals surface area contributed by atoms with Crippen LogP contribution in [0.25, 0.3) is 43.8 Å². The molecular formula is C35H34N3O. The van der Waals surface area contributed by atoms with Gasteiger partial charge in [0.05, 0.1) is 11.1 Å². The van der Waals surface area contributed by atoms with Crippen molar-refractivity contribution in [2.24, 2.45) is 4.99 Å². The molecule has 39 heavy (non-hydrogen) atoms. The molecule has 4 nitrogen and oxygen atoms in total. The predicted octanol–water partition coefficient (Wildman–Crippen LogP) is 8.36. The molecule has 0 atom stereocenters. The molecule has 0 bridgehead atoms. The molecule has 0 saturated carbocycles. The van der Waals surface area contributed by atoms with Crippen LogP contribution in [0.3, 0.4) is 0 Å². The fourth-order valence-corrected chi connectivity index (χ4v) is 5.60. The van der Waals surface area contributed by atoms with Crippen LogP contribution in [-0.2, 0) is 5.21 Å². The van der Waals surface area contributed by atoms with Gasteiger partial charge in [-0.15, -0.1) is 0 Å². The van der Waals surface area contributed by atoms with Crippen LogP contribution in [-0.4, -0.2) is 36.1 Å². The molecule has 0 aromatic heterocycles. The minimum atomic E-state index is -0.603. The van der Waals surface area contributed by atoms with E-state index in [-0.39, 0.29) is 0 Å². The largest absolute Gasteiger partial charge is 0.378 e. The zero-order valence-corrected chi connectivity index (χ0v) is 23.5. The highest BCUT2D eigenvalue weighted by Gasteiger charge is 2.50. The number of benzene rings is 5. The third-order valence-corrected chi connectivity index (χ3v) is 8.62. The smallest absolute Gasteiger partial charge is 0.159 e. The average Bonchev–Trinajstić information content (AvgIpc) is 3.10. The number of nitrogens with zero attached hydrogens (tertiary/aromatic N) is 3. The highest BCUT2D eigenvalue weighted by molar-refractivity contribution is 6.21. The second-order valence-corrected chi connectivity index (χ2v) is 11.7. The lowest BCUT2D eigenvalue weighted by atomic mass is 9.84. The lowest BCUT2D eigenvalue weighted by Gasteiger charge is -2.35. The summed E-state index contributed by atoms with van der Waals surface area (Å²) in [5.41, 5.74) is 5.74. The van der Waals surface area contributed by atoms with Crippen LogP contribution in [0.15, 0.2) is 102 Å². The van der Waals surface area contributed by atoms with Crippen LogP contribution in [0.4, 0.5) is 5.69 Å². The first-order chi connectivity index (χ1) is 18.6. The Labute approximate surface area is 230 Å². The molecular weight excluding hydrogens is 478 g/mol.